The van der Waals surface area contributed by atoms with Crippen molar-refractivity contribution in [3.63, 3.8) is 0 Å². The Labute approximate surface area is 130 Å². The number of morpholine rings is 1. The highest BCUT2D eigenvalue weighted by atomic mass is 127. The van der Waals surface area contributed by atoms with Crippen LogP contribution in [0.25, 0.3) is 0 Å². The van der Waals surface area contributed by atoms with Crippen LogP contribution >= 0.6 is 24.0 Å². The van der Waals surface area contributed by atoms with E-state index in [1.54, 1.807) is 12.1 Å². The number of guanidine groups is 1. The average Bonchev–Trinajstić information content (AvgIpc) is 2.46. The molecule has 0 spiro atoms. The number of hydrogen-bond acceptors (Lipinski definition) is 3. The van der Waals surface area contributed by atoms with Gasteiger partial charge in [-0.25, -0.2) is 4.99 Å². The highest BCUT2D eigenvalue weighted by Crippen LogP contribution is 2.05. The van der Waals surface area contributed by atoms with E-state index in [0.717, 1.165) is 18.7 Å². The fourth-order valence-electron chi connectivity index (χ4n) is 1.75. The first-order chi connectivity index (χ1) is 8.79. The monoisotopic (exact) mass is 372 g/mol. The standard InChI is InChI=1S/C13H16N4O.HI/c14-9-11-1-3-12(4-2-11)10-16-13(15)17-5-7-18-8-6-17;/h1-4H,5-8,10H2,(H2,15,16);1H. The van der Waals surface area contributed by atoms with Gasteiger partial charge in [0.1, 0.15) is 0 Å². The van der Waals surface area contributed by atoms with Gasteiger partial charge in [-0.05, 0) is 17.7 Å². The fourth-order valence-corrected chi connectivity index (χ4v) is 1.75. The Kier molecular flexibility index (Phi) is 6.59. The van der Waals surface area contributed by atoms with Crippen LogP contribution in [0.5, 0.6) is 0 Å². The Hall–Kier alpha value is -1.33. The number of nitriles is 1. The van der Waals surface area contributed by atoms with E-state index in [-0.39, 0.29) is 24.0 Å². The van der Waals surface area contributed by atoms with Gasteiger partial charge in [0.2, 0.25) is 0 Å². The predicted octanol–water partition coefficient (Wildman–Crippen LogP) is 1.32. The van der Waals surface area contributed by atoms with Gasteiger partial charge < -0.3 is 15.4 Å². The Morgan fingerprint density at radius 3 is 2.53 bits per heavy atom. The van der Waals surface area contributed by atoms with E-state index in [9.17, 15) is 0 Å². The van der Waals surface area contributed by atoms with Crippen molar-refractivity contribution in [2.45, 2.75) is 6.54 Å². The van der Waals surface area contributed by atoms with E-state index < -0.39 is 0 Å². The molecule has 0 bridgehead atoms. The smallest absolute Gasteiger partial charge is 0.191 e. The van der Waals surface area contributed by atoms with Gasteiger partial charge in [0.15, 0.2) is 5.96 Å². The average molecular weight is 372 g/mol. The van der Waals surface area contributed by atoms with Gasteiger partial charge in [-0.15, -0.1) is 24.0 Å². The molecule has 102 valence electrons. The van der Waals surface area contributed by atoms with Crippen molar-refractivity contribution >= 4 is 29.9 Å². The molecular weight excluding hydrogens is 355 g/mol. The zero-order valence-corrected chi connectivity index (χ0v) is 12.9. The molecule has 1 heterocycles. The van der Waals surface area contributed by atoms with E-state index in [1.807, 2.05) is 17.0 Å². The molecule has 2 rings (SSSR count). The number of rotatable bonds is 2. The molecule has 1 aromatic rings. The van der Waals surface area contributed by atoms with Gasteiger partial charge in [-0.2, -0.15) is 5.26 Å². The highest BCUT2D eigenvalue weighted by Gasteiger charge is 2.11. The Morgan fingerprint density at radius 1 is 1.32 bits per heavy atom. The summed E-state index contributed by atoms with van der Waals surface area (Å²) in [5.41, 5.74) is 7.62. The molecule has 0 radical (unpaired) electrons. The van der Waals surface area contributed by atoms with Gasteiger partial charge in [0.25, 0.3) is 0 Å². The molecule has 0 atom stereocenters. The first-order valence-electron chi connectivity index (χ1n) is 5.91. The summed E-state index contributed by atoms with van der Waals surface area (Å²) < 4.78 is 5.26. The molecule has 0 amide bonds. The number of halogens is 1. The third-order valence-electron chi connectivity index (χ3n) is 2.84. The first kappa shape index (κ1) is 15.7. The lowest BCUT2D eigenvalue weighted by Gasteiger charge is -2.27. The topological polar surface area (TPSA) is 74.6 Å². The Morgan fingerprint density at radius 2 is 1.95 bits per heavy atom. The molecule has 1 aliphatic heterocycles. The second-order valence-corrected chi connectivity index (χ2v) is 4.08. The van der Waals surface area contributed by atoms with Gasteiger partial charge in [0, 0.05) is 13.1 Å². The lowest BCUT2D eigenvalue weighted by molar-refractivity contribution is 0.0674. The van der Waals surface area contributed by atoms with Gasteiger partial charge in [-0.3, -0.25) is 0 Å². The normalized spacial score (nSPS) is 15.5. The molecule has 0 aromatic heterocycles. The molecule has 0 saturated carbocycles. The van der Waals surface area contributed by atoms with Crippen molar-refractivity contribution in [2.75, 3.05) is 26.3 Å². The van der Waals surface area contributed by atoms with Crippen LogP contribution < -0.4 is 5.73 Å². The maximum atomic E-state index is 8.70. The van der Waals surface area contributed by atoms with E-state index in [1.165, 1.54) is 0 Å². The van der Waals surface area contributed by atoms with E-state index in [4.69, 9.17) is 15.7 Å². The molecule has 1 saturated heterocycles. The van der Waals surface area contributed by atoms with Crippen LogP contribution in [0.2, 0.25) is 0 Å². The highest BCUT2D eigenvalue weighted by molar-refractivity contribution is 14.0. The molecule has 0 aliphatic carbocycles. The Bertz CT molecular complexity index is 461. The molecular formula is C13H17IN4O. The van der Waals surface area contributed by atoms with Crippen molar-refractivity contribution in [1.82, 2.24) is 4.90 Å². The van der Waals surface area contributed by atoms with Crippen LogP contribution in [-0.4, -0.2) is 37.2 Å². The van der Waals surface area contributed by atoms with Gasteiger partial charge >= 0.3 is 0 Å². The summed E-state index contributed by atoms with van der Waals surface area (Å²) in [6.07, 6.45) is 0. The number of hydrogen-bond donors (Lipinski definition) is 1. The number of ether oxygens (including phenoxy) is 1. The SMILES string of the molecule is I.N#Cc1ccc(CN=C(N)N2CCOCC2)cc1. The summed E-state index contributed by atoms with van der Waals surface area (Å²) in [6, 6.07) is 9.46. The maximum absolute atomic E-state index is 8.70. The minimum Gasteiger partial charge on any atom is -0.378 e. The van der Waals surface area contributed by atoms with Crippen LogP contribution in [0, 0.1) is 11.3 Å². The molecule has 5 nitrogen and oxygen atoms in total. The summed E-state index contributed by atoms with van der Waals surface area (Å²) in [6.45, 7) is 3.53. The third kappa shape index (κ3) is 4.69. The molecule has 19 heavy (non-hydrogen) atoms. The van der Waals surface area contributed by atoms with Crippen molar-refractivity contribution in [3.8, 4) is 6.07 Å². The first-order valence-corrected chi connectivity index (χ1v) is 5.91. The zero-order chi connectivity index (χ0) is 12.8. The second-order valence-electron chi connectivity index (χ2n) is 4.08. The lowest BCUT2D eigenvalue weighted by atomic mass is 10.1. The van der Waals surface area contributed by atoms with Crippen molar-refractivity contribution < 1.29 is 4.74 Å². The quantitative estimate of drug-likeness (QED) is 0.483. The van der Waals surface area contributed by atoms with E-state index in [0.29, 0.717) is 31.3 Å². The Balaban J connectivity index is 0.00000180. The molecule has 1 aliphatic rings. The summed E-state index contributed by atoms with van der Waals surface area (Å²) in [7, 11) is 0. The second kappa shape index (κ2) is 7.96. The van der Waals surface area contributed by atoms with Gasteiger partial charge in [0.05, 0.1) is 31.4 Å². The van der Waals surface area contributed by atoms with Crippen molar-refractivity contribution in [3.05, 3.63) is 35.4 Å². The summed E-state index contributed by atoms with van der Waals surface area (Å²) >= 11 is 0. The van der Waals surface area contributed by atoms with Crippen LogP contribution in [0.3, 0.4) is 0 Å². The molecule has 1 aromatic carbocycles. The number of nitrogens with two attached hydrogens (primary N) is 1. The lowest BCUT2D eigenvalue weighted by Crippen LogP contribution is -2.44. The molecule has 0 unspecified atom stereocenters. The number of benzene rings is 1. The third-order valence-corrected chi connectivity index (χ3v) is 2.84. The minimum atomic E-state index is 0. The largest absolute Gasteiger partial charge is 0.378 e. The number of aliphatic imine (C=N–C) groups is 1. The zero-order valence-electron chi connectivity index (χ0n) is 10.6. The molecule has 2 N–H and O–H groups in total. The van der Waals surface area contributed by atoms with E-state index in [2.05, 4.69) is 11.1 Å². The summed E-state index contributed by atoms with van der Waals surface area (Å²) in [5.74, 6) is 0.558. The van der Waals surface area contributed by atoms with Crippen molar-refractivity contribution in [1.29, 1.82) is 5.26 Å². The van der Waals surface area contributed by atoms with Crippen molar-refractivity contribution in [2.24, 2.45) is 10.7 Å². The summed E-state index contributed by atoms with van der Waals surface area (Å²) in [4.78, 5) is 6.38. The van der Waals surface area contributed by atoms with Crippen LogP contribution in [0.15, 0.2) is 29.3 Å². The van der Waals surface area contributed by atoms with Crippen LogP contribution in [0.1, 0.15) is 11.1 Å². The predicted molar refractivity (Wildman–Crippen MR) is 84.3 cm³/mol. The van der Waals surface area contributed by atoms with Crippen LogP contribution in [0.4, 0.5) is 0 Å². The molecule has 6 heteroatoms. The minimum absolute atomic E-state index is 0. The summed E-state index contributed by atoms with van der Waals surface area (Å²) in [5, 5.41) is 8.70. The van der Waals surface area contributed by atoms with Gasteiger partial charge in [-0.1, -0.05) is 12.1 Å². The van der Waals surface area contributed by atoms with Crippen LogP contribution in [-0.2, 0) is 11.3 Å². The van der Waals surface area contributed by atoms with E-state index >= 15 is 0 Å². The fraction of sp³-hybridized carbons (Fsp3) is 0.385. The number of nitrogens with zero attached hydrogens (tertiary/aromatic N) is 3. The molecule has 1 fully saturated rings. The maximum Gasteiger partial charge on any atom is 0.191 e.